The Balaban J connectivity index is 1.45. The maximum absolute atomic E-state index is 12.2. The molecule has 0 unspecified atom stereocenters. The number of nitrogens with one attached hydrogen (secondary N) is 1. The van der Waals surface area contributed by atoms with Crippen molar-refractivity contribution in [1.29, 1.82) is 0 Å². The van der Waals surface area contributed by atoms with E-state index in [-0.39, 0.29) is 18.3 Å². The average Bonchev–Trinajstić information content (AvgIpc) is 3.29. The Bertz CT molecular complexity index is 929. The van der Waals surface area contributed by atoms with E-state index in [1.807, 2.05) is 48.9 Å². The Morgan fingerprint density at radius 2 is 1.96 bits per heavy atom. The van der Waals surface area contributed by atoms with Gasteiger partial charge >= 0.3 is 0 Å². The zero-order valence-corrected chi connectivity index (χ0v) is 16.4. The number of amides is 1. The van der Waals surface area contributed by atoms with Gasteiger partial charge in [0.25, 0.3) is 5.91 Å². The van der Waals surface area contributed by atoms with E-state index < -0.39 is 0 Å². The second-order valence-electron chi connectivity index (χ2n) is 6.47. The largest absolute Gasteiger partial charge is 0.493 e. The van der Waals surface area contributed by atoms with Crippen molar-refractivity contribution >= 4 is 5.91 Å². The highest BCUT2D eigenvalue weighted by atomic mass is 16.5. The summed E-state index contributed by atoms with van der Waals surface area (Å²) in [6.07, 6.45) is 0.790. The zero-order valence-electron chi connectivity index (χ0n) is 16.4. The van der Waals surface area contributed by atoms with Crippen molar-refractivity contribution in [1.82, 2.24) is 15.1 Å². The van der Waals surface area contributed by atoms with E-state index in [0.29, 0.717) is 23.8 Å². The fourth-order valence-corrected chi connectivity index (χ4v) is 2.88. The van der Waals surface area contributed by atoms with Crippen molar-refractivity contribution < 1.29 is 18.7 Å². The molecule has 1 amide bonds. The van der Waals surface area contributed by atoms with Gasteiger partial charge in [-0.1, -0.05) is 12.1 Å². The van der Waals surface area contributed by atoms with Crippen LogP contribution in [0.4, 0.5) is 0 Å². The van der Waals surface area contributed by atoms with E-state index >= 15 is 0 Å². The van der Waals surface area contributed by atoms with Crippen molar-refractivity contribution in [3.63, 3.8) is 0 Å². The second-order valence-corrected chi connectivity index (χ2v) is 6.47. The molecule has 1 N–H and O–H groups in total. The van der Waals surface area contributed by atoms with Gasteiger partial charge in [-0.15, -0.1) is 0 Å². The molecule has 2 aromatic heterocycles. The number of hydrogen-bond donors (Lipinski definition) is 1. The number of carbonyl (C=O) groups is 1. The van der Waals surface area contributed by atoms with Gasteiger partial charge in [0, 0.05) is 18.8 Å². The van der Waals surface area contributed by atoms with Crippen LogP contribution in [0.5, 0.6) is 11.5 Å². The summed E-state index contributed by atoms with van der Waals surface area (Å²) >= 11 is 0. The molecule has 1 aromatic carbocycles. The van der Waals surface area contributed by atoms with E-state index in [4.69, 9.17) is 13.9 Å². The SMILES string of the molecule is COc1ccccc1OCc1ccc(C(=O)NCCCn2nc(C)cc2C)o1. The van der Waals surface area contributed by atoms with Crippen LogP contribution in [0.15, 0.2) is 46.9 Å². The fraction of sp³-hybridized carbons (Fsp3) is 0.333. The zero-order chi connectivity index (χ0) is 19.9. The van der Waals surface area contributed by atoms with Crippen LogP contribution in [0, 0.1) is 13.8 Å². The van der Waals surface area contributed by atoms with Crippen LogP contribution >= 0.6 is 0 Å². The lowest BCUT2D eigenvalue weighted by atomic mass is 10.3. The number of nitrogens with zero attached hydrogens (tertiary/aromatic N) is 2. The molecule has 0 aliphatic heterocycles. The van der Waals surface area contributed by atoms with Crippen LogP contribution in [0.3, 0.4) is 0 Å². The van der Waals surface area contributed by atoms with Crippen molar-refractivity contribution in [3.05, 3.63) is 65.4 Å². The van der Waals surface area contributed by atoms with E-state index in [1.54, 1.807) is 19.2 Å². The summed E-state index contributed by atoms with van der Waals surface area (Å²) in [5.74, 6) is 1.87. The number of aryl methyl sites for hydroxylation is 3. The molecular formula is C21H25N3O4. The normalized spacial score (nSPS) is 10.7. The molecule has 0 bridgehead atoms. The number of benzene rings is 1. The van der Waals surface area contributed by atoms with Crippen LogP contribution in [0.25, 0.3) is 0 Å². The van der Waals surface area contributed by atoms with Crippen LogP contribution in [-0.2, 0) is 13.2 Å². The molecule has 0 atom stereocenters. The monoisotopic (exact) mass is 383 g/mol. The Kier molecular flexibility index (Phi) is 6.37. The molecular weight excluding hydrogens is 358 g/mol. The molecule has 0 radical (unpaired) electrons. The van der Waals surface area contributed by atoms with Crippen LogP contribution < -0.4 is 14.8 Å². The second kappa shape index (κ2) is 9.12. The Hall–Kier alpha value is -3.22. The highest BCUT2D eigenvalue weighted by Crippen LogP contribution is 2.26. The maximum Gasteiger partial charge on any atom is 0.286 e. The number of para-hydroxylation sites is 2. The first-order valence-corrected chi connectivity index (χ1v) is 9.20. The minimum Gasteiger partial charge on any atom is -0.493 e. The Labute approximate surface area is 164 Å². The van der Waals surface area contributed by atoms with Crippen LogP contribution in [0.1, 0.15) is 34.1 Å². The highest BCUT2D eigenvalue weighted by Gasteiger charge is 2.12. The minimum atomic E-state index is -0.239. The lowest BCUT2D eigenvalue weighted by Gasteiger charge is -2.08. The third-order valence-electron chi connectivity index (χ3n) is 4.26. The summed E-state index contributed by atoms with van der Waals surface area (Å²) in [6, 6.07) is 12.8. The summed E-state index contributed by atoms with van der Waals surface area (Å²) < 4.78 is 18.5. The topological polar surface area (TPSA) is 78.5 Å². The molecule has 0 spiro atoms. The van der Waals surface area contributed by atoms with E-state index in [0.717, 1.165) is 24.4 Å². The maximum atomic E-state index is 12.2. The molecule has 148 valence electrons. The molecule has 0 aliphatic rings. The molecule has 0 fully saturated rings. The summed E-state index contributed by atoms with van der Waals surface area (Å²) in [6.45, 7) is 5.51. The van der Waals surface area contributed by atoms with Crippen LogP contribution in [-0.4, -0.2) is 29.3 Å². The Morgan fingerprint density at radius 1 is 1.18 bits per heavy atom. The first-order valence-electron chi connectivity index (χ1n) is 9.20. The first kappa shape index (κ1) is 19.5. The van der Waals surface area contributed by atoms with E-state index in [9.17, 15) is 4.79 Å². The van der Waals surface area contributed by atoms with Gasteiger partial charge in [-0.05, 0) is 50.6 Å². The summed E-state index contributed by atoms with van der Waals surface area (Å²) in [5.41, 5.74) is 2.12. The summed E-state index contributed by atoms with van der Waals surface area (Å²) in [7, 11) is 1.59. The van der Waals surface area contributed by atoms with Crippen molar-refractivity contribution in [3.8, 4) is 11.5 Å². The molecule has 0 saturated heterocycles. The first-order chi connectivity index (χ1) is 13.6. The van der Waals surface area contributed by atoms with Gasteiger partial charge in [-0.3, -0.25) is 9.48 Å². The number of methoxy groups -OCH3 is 1. The Morgan fingerprint density at radius 3 is 2.68 bits per heavy atom. The van der Waals surface area contributed by atoms with Gasteiger partial charge in [0.15, 0.2) is 17.3 Å². The minimum absolute atomic E-state index is 0.214. The number of furan rings is 1. The predicted octanol–water partition coefficient (Wildman–Crippen LogP) is 3.50. The smallest absolute Gasteiger partial charge is 0.286 e. The van der Waals surface area contributed by atoms with E-state index in [2.05, 4.69) is 10.4 Å². The molecule has 7 nitrogen and oxygen atoms in total. The molecule has 7 heteroatoms. The summed E-state index contributed by atoms with van der Waals surface area (Å²) in [5, 5.41) is 7.27. The lowest BCUT2D eigenvalue weighted by Crippen LogP contribution is -2.25. The molecule has 3 rings (SSSR count). The molecule has 0 aliphatic carbocycles. The molecule has 2 heterocycles. The molecule has 0 saturated carbocycles. The third-order valence-corrected chi connectivity index (χ3v) is 4.26. The van der Waals surface area contributed by atoms with Crippen molar-refractivity contribution in [2.45, 2.75) is 33.4 Å². The van der Waals surface area contributed by atoms with Gasteiger partial charge in [-0.2, -0.15) is 5.10 Å². The number of carbonyl (C=O) groups excluding carboxylic acids is 1. The van der Waals surface area contributed by atoms with Gasteiger partial charge < -0.3 is 19.2 Å². The third kappa shape index (κ3) is 4.94. The average molecular weight is 383 g/mol. The number of hydrogen-bond acceptors (Lipinski definition) is 5. The number of aromatic nitrogens is 2. The standard InChI is InChI=1S/C21H25N3O4/c1-15-13-16(2)24(23-15)12-6-11-22-21(25)20-10-9-17(28-20)14-27-19-8-5-4-7-18(19)26-3/h4-5,7-10,13H,6,11-12,14H2,1-3H3,(H,22,25). The summed E-state index contributed by atoms with van der Waals surface area (Å²) in [4.78, 5) is 12.2. The number of rotatable bonds is 9. The molecule has 28 heavy (non-hydrogen) atoms. The fourth-order valence-electron chi connectivity index (χ4n) is 2.88. The lowest BCUT2D eigenvalue weighted by molar-refractivity contribution is 0.0920. The van der Waals surface area contributed by atoms with Crippen LogP contribution in [0.2, 0.25) is 0 Å². The van der Waals surface area contributed by atoms with Gasteiger partial charge in [0.1, 0.15) is 12.4 Å². The number of ether oxygens (including phenoxy) is 2. The highest BCUT2D eigenvalue weighted by molar-refractivity contribution is 5.91. The van der Waals surface area contributed by atoms with E-state index in [1.165, 1.54) is 0 Å². The van der Waals surface area contributed by atoms with Crippen molar-refractivity contribution in [2.75, 3.05) is 13.7 Å². The quantitative estimate of drug-likeness (QED) is 0.572. The molecule has 3 aromatic rings. The predicted molar refractivity (Wildman–Crippen MR) is 105 cm³/mol. The van der Waals surface area contributed by atoms with Gasteiger partial charge in [-0.25, -0.2) is 0 Å². The van der Waals surface area contributed by atoms with Crippen molar-refractivity contribution in [2.24, 2.45) is 0 Å². The van der Waals surface area contributed by atoms with Gasteiger partial charge in [0.05, 0.1) is 12.8 Å². The van der Waals surface area contributed by atoms with Gasteiger partial charge in [0.2, 0.25) is 0 Å².